The van der Waals surface area contributed by atoms with Gasteiger partial charge in [-0.25, -0.2) is 4.79 Å². The number of fused-ring (bicyclic) bond motifs is 5. The third kappa shape index (κ3) is 2.96. The Kier molecular flexibility index (Phi) is 4.43. The van der Waals surface area contributed by atoms with Crippen molar-refractivity contribution in [2.24, 2.45) is 17.3 Å². The molecule has 4 nitrogen and oxygen atoms in total. The minimum absolute atomic E-state index is 0.0104. The monoisotopic (exact) mass is 392 g/mol. The molecule has 0 radical (unpaired) electrons. The minimum atomic E-state index is -0.391. The molecule has 5 rings (SSSR count). The molecule has 0 amide bonds. The molecule has 0 bridgehead atoms. The van der Waals surface area contributed by atoms with Crippen LogP contribution in [-0.2, 0) is 6.42 Å². The number of benzene rings is 2. The summed E-state index contributed by atoms with van der Waals surface area (Å²) in [6.07, 6.45) is 5.69. The third-order valence-electron chi connectivity index (χ3n) is 7.93. The maximum absolute atomic E-state index is 12.7. The second-order valence-electron chi connectivity index (χ2n) is 9.33. The Morgan fingerprint density at radius 2 is 1.90 bits per heavy atom. The zero-order valence-electron chi connectivity index (χ0n) is 16.8. The molecule has 0 aliphatic heterocycles. The number of phenols is 1. The van der Waals surface area contributed by atoms with Crippen LogP contribution in [0.5, 0.6) is 11.5 Å². The first-order valence-corrected chi connectivity index (χ1v) is 10.8. The third-order valence-corrected chi connectivity index (χ3v) is 7.93. The number of esters is 1. The van der Waals surface area contributed by atoms with Gasteiger partial charge in [-0.3, -0.25) is 0 Å². The molecule has 2 fully saturated rings. The molecule has 29 heavy (non-hydrogen) atoms. The fraction of sp³-hybridized carbons (Fsp3) is 0.480. The molecule has 3 aliphatic rings. The van der Waals surface area contributed by atoms with Gasteiger partial charge in [-0.15, -0.1) is 0 Å². The Hall–Kier alpha value is -2.33. The highest BCUT2D eigenvalue weighted by Crippen LogP contribution is 2.62. The average Bonchev–Trinajstić information content (AvgIpc) is 3.03. The van der Waals surface area contributed by atoms with E-state index in [4.69, 9.17) is 4.74 Å². The number of ether oxygens (including phenoxy) is 1. The number of aromatic hydroxyl groups is 1. The summed E-state index contributed by atoms with van der Waals surface area (Å²) in [5.74, 6) is 1.59. The first-order chi connectivity index (χ1) is 14.0. The maximum atomic E-state index is 12.7. The second-order valence-corrected chi connectivity index (χ2v) is 9.33. The standard InChI is InChI=1S/C25H28O4/c1-25-12-11-19-18(20(25)9-10-22(25)27)8-7-16-13-17(26)14-21(23(16)19)29-24(28)15-5-3-2-4-6-15/h2-6,13-14,18-20,22,26-27H,7-12H2,1H3/t18-,19-,20-,22-,25-/m0/s1. The van der Waals surface area contributed by atoms with Crippen molar-refractivity contribution in [2.45, 2.75) is 57.5 Å². The highest BCUT2D eigenvalue weighted by atomic mass is 16.5. The van der Waals surface area contributed by atoms with Crippen LogP contribution in [0.1, 0.15) is 66.4 Å². The highest BCUT2D eigenvalue weighted by Gasteiger charge is 2.54. The van der Waals surface area contributed by atoms with Crippen LogP contribution in [0.15, 0.2) is 42.5 Å². The summed E-state index contributed by atoms with van der Waals surface area (Å²) in [5, 5.41) is 20.9. The predicted molar refractivity (Wildman–Crippen MR) is 110 cm³/mol. The smallest absolute Gasteiger partial charge is 0.343 e. The highest BCUT2D eigenvalue weighted by molar-refractivity contribution is 5.91. The first kappa shape index (κ1) is 18.7. The molecule has 5 atom stereocenters. The van der Waals surface area contributed by atoms with Gasteiger partial charge in [-0.1, -0.05) is 25.1 Å². The second kappa shape index (κ2) is 6.88. The quantitative estimate of drug-likeness (QED) is 0.568. The fourth-order valence-corrected chi connectivity index (χ4v) is 6.46. The molecule has 0 aromatic heterocycles. The van der Waals surface area contributed by atoms with E-state index >= 15 is 0 Å². The van der Waals surface area contributed by atoms with Gasteiger partial charge in [0.15, 0.2) is 0 Å². The number of rotatable bonds is 2. The Labute approximate surface area is 171 Å². The minimum Gasteiger partial charge on any atom is -0.508 e. The lowest BCUT2D eigenvalue weighted by Crippen LogP contribution is -2.44. The van der Waals surface area contributed by atoms with E-state index in [9.17, 15) is 15.0 Å². The van der Waals surface area contributed by atoms with E-state index in [0.717, 1.165) is 49.7 Å². The summed E-state index contributed by atoms with van der Waals surface area (Å²) >= 11 is 0. The van der Waals surface area contributed by atoms with Gasteiger partial charge in [0, 0.05) is 11.6 Å². The SMILES string of the molecule is C[C@]12CC[C@@H]3c4c(cc(O)cc4OC(=O)c4ccccc4)CC[C@@H]3[C@@H]1CC[C@@H]2O. The van der Waals surface area contributed by atoms with Gasteiger partial charge < -0.3 is 14.9 Å². The van der Waals surface area contributed by atoms with Crippen LogP contribution >= 0.6 is 0 Å². The van der Waals surface area contributed by atoms with Crippen molar-refractivity contribution in [1.82, 2.24) is 0 Å². The van der Waals surface area contributed by atoms with E-state index < -0.39 is 5.97 Å². The van der Waals surface area contributed by atoms with Crippen LogP contribution in [-0.4, -0.2) is 22.3 Å². The molecule has 0 heterocycles. The van der Waals surface area contributed by atoms with Crippen molar-refractivity contribution >= 4 is 5.97 Å². The largest absolute Gasteiger partial charge is 0.508 e. The molecule has 0 spiro atoms. The van der Waals surface area contributed by atoms with Gasteiger partial charge in [0.1, 0.15) is 11.5 Å². The van der Waals surface area contributed by atoms with Gasteiger partial charge >= 0.3 is 5.97 Å². The van der Waals surface area contributed by atoms with E-state index in [-0.39, 0.29) is 17.3 Å². The fourth-order valence-electron chi connectivity index (χ4n) is 6.46. The Morgan fingerprint density at radius 1 is 1.10 bits per heavy atom. The van der Waals surface area contributed by atoms with Gasteiger partial charge in [0.25, 0.3) is 0 Å². The molecule has 2 aromatic rings. The summed E-state index contributed by atoms with van der Waals surface area (Å²) in [6, 6.07) is 12.4. The zero-order chi connectivity index (χ0) is 20.2. The number of carbonyl (C=O) groups excluding carboxylic acids is 1. The summed E-state index contributed by atoms with van der Waals surface area (Å²) in [6.45, 7) is 2.26. The Balaban J connectivity index is 1.51. The topological polar surface area (TPSA) is 66.8 Å². The molecular formula is C25H28O4. The summed E-state index contributed by atoms with van der Waals surface area (Å²) in [7, 11) is 0. The average molecular weight is 392 g/mol. The normalized spacial score (nSPS) is 32.8. The van der Waals surface area contributed by atoms with Crippen LogP contribution in [0.2, 0.25) is 0 Å². The molecule has 3 aliphatic carbocycles. The molecule has 4 heteroatoms. The van der Waals surface area contributed by atoms with Gasteiger partial charge in [0.05, 0.1) is 11.7 Å². The number of aryl methyl sites for hydroxylation is 1. The van der Waals surface area contributed by atoms with E-state index in [1.807, 2.05) is 24.3 Å². The van der Waals surface area contributed by atoms with Gasteiger partial charge in [-0.2, -0.15) is 0 Å². The molecule has 152 valence electrons. The Bertz CT molecular complexity index is 937. The lowest BCUT2D eigenvalue weighted by atomic mass is 9.55. The lowest BCUT2D eigenvalue weighted by Gasteiger charge is -2.50. The van der Waals surface area contributed by atoms with Crippen molar-refractivity contribution in [3.63, 3.8) is 0 Å². The molecule has 0 unspecified atom stereocenters. The number of aliphatic hydroxyl groups is 1. The number of hydrogen-bond donors (Lipinski definition) is 2. The number of phenolic OH excluding ortho intramolecular Hbond substituents is 1. The van der Waals surface area contributed by atoms with Crippen molar-refractivity contribution in [1.29, 1.82) is 0 Å². The maximum Gasteiger partial charge on any atom is 0.343 e. The number of aliphatic hydroxyl groups excluding tert-OH is 1. The molecule has 2 saturated carbocycles. The predicted octanol–water partition coefficient (Wildman–Crippen LogP) is 4.83. The lowest BCUT2D eigenvalue weighted by molar-refractivity contribution is -0.0229. The summed E-state index contributed by atoms with van der Waals surface area (Å²) in [4.78, 5) is 12.7. The molecule has 2 N–H and O–H groups in total. The van der Waals surface area contributed by atoms with Crippen molar-refractivity contribution in [3.8, 4) is 11.5 Å². The van der Waals surface area contributed by atoms with Crippen molar-refractivity contribution < 1.29 is 19.7 Å². The van der Waals surface area contributed by atoms with E-state index in [0.29, 0.717) is 29.1 Å². The first-order valence-electron chi connectivity index (χ1n) is 10.8. The number of hydrogen-bond acceptors (Lipinski definition) is 4. The Morgan fingerprint density at radius 3 is 2.69 bits per heavy atom. The van der Waals surface area contributed by atoms with Crippen molar-refractivity contribution in [3.05, 3.63) is 59.2 Å². The number of carbonyl (C=O) groups is 1. The van der Waals surface area contributed by atoms with Crippen LogP contribution in [0.3, 0.4) is 0 Å². The van der Waals surface area contributed by atoms with E-state index in [2.05, 4.69) is 6.92 Å². The zero-order valence-corrected chi connectivity index (χ0v) is 16.8. The van der Waals surface area contributed by atoms with E-state index in [1.165, 1.54) is 0 Å². The molecule has 2 aromatic carbocycles. The van der Waals surface area contributed by atoms with Crippen LogP contribution in [0, 0.1) is 17.3 Å². The van der Waals surface area contributed by atoms with Crippen molar-refractivity contribution in [2.75, 3.05) is 0 Å². The van der Waals surface area contributed by atoms with Crippen LogP contribution in [0.4, 0.5) is 0 Å². The summed E-state index contributed by atoms with van der Waals surface area (Å²) in [5.41, 5.74) is 2.72. The summed E-state index contributed by atoms with van der Waals surface area (Å²) < 4.78 is 5.84. The van der Waals surface area contributed by atoms with Crippen LogP contribution in [0.25, 0.3) is 0 Å². The van der Waals surface area contributed by atoms with E-state index in [1.54, 1.807) is 18.2 Å². The molecular weight excluding hydrogens is 364 g/mol. The van der Waals surface area contributed by atoms with Gasteiger partial charge in [-0.05, 0) is 85.5 Å². The van der Waals surface area contributed by atoms with Crippen LogP contribution < -0.4 is 4.74 Å². The molecule has 0 saturated heterocycles. The van der Waals surface area contributed by atoms with Gasteiger partial charge in [0.2, 0.25) is 0 Å².